The number of aromatic carboxylic acids is 1. The number of anilines is 1. The van der Waals surface area contributed by atoms with Crippen molar-refractivity contribution in [3.63, 3.8) is 0 Å². The highest BCUT2D eigenvalue weighted by Gasteiger charge is 2.16. The molecule has 0 fully saturated rings. The first-order chi connectivity index (χ1) is 13.3. The quantitative estimate of drug-likeness (QED) is 0.407. The van der Waals surface area contributed by atoms with Crippen LogP contribution in [0.1, 0.15) is 22.8 Å². The summed E-state index contributed by atoms with van der Waals surface area (Å²) in [5.74, 6) is -2.12. The standard InChI is InChI=1S/C19H15BrFN3O4/c1-2-24-9-13(19(27)28)18(26)12-6-14(21)15(7-16(12)24)23-22-8-10-5-11(20)3-4-17(10)25/h3-9,23,25H,2H2,1H3,(H,27,28). The number of phenols is 1. The Morgan fingerprint density at radius 1 is 1.36 bits per heavy atom. The maximum Gasteiger partial charge on any atom is 0.341 e. The van der Waals surface area contributed by atoms with Crippen LogP contribution in [-0.4, -0.2) is 27.0 Å². The molecule has 0 spiro atoms. The van der Waals surface area contributed by atoms with E-state index in [9.17, 15) is 24.2 Å². The number of nitrogens with zero attached hydrogens (tertiary/aromatic N) is 2. The van der Waals surface area contributed by atoms with Gasteiger partial charge in [-0.15, -0.1) is 0 Å². The molecule has 7 nitrogen and oxygen atoms in total. The minimum atomic E-state index is -1.37. The van der Waals surface area contributed by atoms with Crippen LogP contribution >= 0.6 is 15.9 Å². The number of phenolic OH excluding ortho intramolecular Hbond substituents is 1. The van der Waals surface area contributed by atoms with Crippen LogP contribution in [0.4, 0.5) is 10.1 Å². The Morgan fingerprint density at radius 3 is 2.79 bits per heavy atom. The zero-order chi connectivity index (χ0) is 20.4. The average Bonchev–Trinajstić information content (AvgIpc) is 2.65. The van der Waals surface area contributed by atoms with Gasteiger partial charge < -0.3 is 14.8 Å². The normalized spacial score (nSPS) is 11.2. The maximum atomic E-state index is 14.4. The van der Waals surface area contributed by atoms with Crippen LogP contribution in [0.2, 0.25) is 0 Å². The minimum absolute atomic E-state index is 0.00270. The van der Waals surface area contributed by atoms with Crippen molar-refractivity contribution in [3.8, 4) is 5.75 Å². The van der Waals surface area contributed by atoms with Gasteiger partial charge in [0, 0.05) is 28.2 Å². The molecule has 2 aromatic carbocycles. The number of fused-ring (bicyclic) bond motifs is 1. The van der Waals surface area contributed by atoms with E-state index in [1.165, 1.54) is 24.5 Å². The molecule has 0 aliphatic carbocycles. The Kier molecular flexibility index (Phi) is 5.46. The van der Waals surface area contributed by atoms with E-state index in [1.54, 1.807) is 23.6 Å². The first-order valence-electron chi connectivity index (χ1n) is 8.19. The first-order valence-corrected chi connectivity index (χ1v) is 8.98. The van der Waals surface area contributed by atoms with Crippen molar-refractivity contribution in [1.29, 1.82) is 0 Å². The van der Waals surface area contributed by atoms with Crippen LogP contribution in [0, 0.1) is 5.82 Å². The summed E-state index contributed by atoms with van der Waals surface area (Å²) in [4.78, 5) is 23.6. The van der Waals surface area contributed by atoms with E-state index in [-0.39, 0.29) is 16.8 Å². The largest absolute Gasteiger partial charge is 0.507 e. The second kappa shape index (κ2) is 7.81. The molecule has 0 radical (unpaired) electrons. The van der Waals surface area contributed by atoms with E-state index in [0.29, 0.717) is 17.6 Å². The molecule has 0 bridgehead atoms. The molecular formula is C19H15BrFN3O4. The van der Waals surface area contributed by atoms with Gasteiger partial charge in [-0.2, -0.15) is 5.10 Å². The lowest BCUT2D eigenvalue weighted by Crippen LogP contribution is -2.19. The number of halogens is 2. The van der Waals surface area contributed by atoms with Gasteiger partial charge >= 0.3 is 5.97 Å². The molecule has 0 aliphatic rings. The fourth-order valence-corrected chi connectivity index (χ4v) is 3.09. The number of carboxylic acids is 1. The van der Waals surface area contributed by atoms with Crippen LogP contribution in [-0.2, 0) is 6.54 Å². The lowest BCUT2D eigenvalue weighted by atomic mass is 10.1. The van der Waals surface area contributed by atoms with Gasteiger partial charge in [-0.1, -0.05) is 15.9 Å². The summed E-state index contributed by atoms with van der Waals surface area (Å²) in [7, 11) is 0. The summed E-state index contributed by atoms with van der Waals surface area (Å²) < 4.78 is 16.7. The lowest BCUT2D eigenvalue weighted by molar-refractivity contribution is 0.0695. The lowest BCUT2D eigenvalue weighted by Gasteiger charge is -2.12. The summed E-state index contributed by atoms with van der Waals surface area (Å²) in [6.07, 6.45) is 2.56. The van der Waals surface area contributed by atoms with Gasteiger partial charge in [-0.05, 0) is 37.3 Å². The van der Waals surface area contributed by atoms with Gasteiger partial charge in [0.25, 0.3) is 0 Å². The Bertz CT molecular complexity index is 1170. The van der Waals surface area contributed by atoms with Gasteiger partial charge in [0.05, 0.1) is 17.4 Å². The summed E-state index contributed by atoms with van der Waals surface area (Å²) in [6, 6.07) is 7.17. The molecule has 3 aromatic rings. The Labute approximate surface area is 166 Å². The summed E-state index contributed by atoms with van der Waals surface area (Å²) in [6.45, 7) is 2.16. The monoisotopic (exact) mass is 447 g/mol. The molecule has 0 saturated heterocycles. The number of carbonyl (C=O) groups is 1. The zero-order valence-electron chi connectivity index (χ0n) is 14.6. The SMILES string of the molecule is CCn1cc(C(=O)O)c(=O)c2cc(F)c(NN=Cc3cc(Br)ccc3O)cc21. The third kappa shape index (κ3) is 3.74. The molecule has 28 heavy (non-hydrogen) atoms. The number of aromatic hydroxyl groups is 1. The highest BCUT2D eigenvalue weighted by molar-refractivity contribution is 9.10. The molecule has 9 heteroatoms. The molecule has 0 unspecified atom stereocenters. The van der Waals surface area contributed by atoms with E-state index in [1.807, 2.05) is 0 Å². The van der Waals surface area contributed by atoms with Crippen LogP contribution in [0.15, 0.2) is 50.9 Å². The highest BCUT2D eigenvalue weighted by atomic mass is 79.9. The molecule has 0 atom stereocenters. The Morgan fingerprint density at radius 2 is 2.11 bits per heavy atom. The summed E-state index contributed by atoms with van der Waals surface area (Å²) in [5, 5.41) is 22.9. The number of hydrogen-bond acceptors (Lipinski definition) is 5. The Balaban J connectivity index is 2.03. The van der Waals surface area contributed by atoms with E-state index < -0.39 is 22.8 Å². The number of rotatable bonds is 5. The van der Waals surface area contributed by atoms with Gasteiger partial charge in [0.2, 0.25) is 5.43 Å². The number of hydrogen-bond donors (Lipinski definition) is 3. The van der Waals surface area contributed by atoms with Gasteiger partial charge in [0.1, 0.15) is 17.1 Å². The minimum Gasteiger partial charge on any atom is -0.507 e. The smallest absolute Gasteiger partial charge is 0.341 e. The van der Waals surface area contributed by atoms with Crippen molar-refractivity contribution in [2.75, 3.05) is 5.43 Å². The van der Waals surface area contributed by atoms with E-state index in [0.717, 1.165) is 10.5 Å². The Hall–Kier alpha value is -3.20. The average molecular weight is 448 g/mol. The molecular weight excluding hydrogens is 433 g/mol. The summed E-state index contributed by atoms with van der Waals surface area (Å²) in [5.41, 5.74) is 2.17. The van der Waals surface area contributed by atoms with E-state index in [4.69, 9.17) is 0 Å². The predicted molar refractivity (Wildman–Crippen MR) is 108 cm³/mol. The molecule has 0 aliphatic heterocycles. The number of pyridine rings is 1. The van der Waals surface area contributed by atoms with Crippen molar-refractivity contribution in [2.24, 2.45) is 5.10 Å². The second-order valence-electron chi connectivity index (χ2n) is 5.89. The predicted octanol–water partition coefficient (Wildman–Crippen LogP) is 3.77. The zero-order valence-corrected chi connectivity index (χ0v) is 16.2. The molecule has 3 N–H and O–H groups in total. The van der Waals surface area contributed by atoms with Gasteiger partial charge in [0.15, 0.2) is 0 Å². The van der Waals surface area contributed by atoms with Crippen molar-refractivity contribution < 1.29 is 19.4 Å². The van der Waals surface area contributed by atoms with Crippen LogP contribution < -0.4 is 10.9 Å². The second-order valence-corrected chi connectivity index (χ2v) is 6.80. The van der Waals surface area contributed by atoms with Gasteiger partial charge in [-0.25, -0.2) is 9.18 Å². The number of nitrogens with one attached hydrogen (secondary N) is 1. The van der Waals surface area contributed by atoms with E-state index in [2.05, 4.69) is 26.5 Å². The number of hydrazone groups is 1. The molecule has 0 amide bonds. The third-order valence-electron chi connectivity index (χ3n) is 4.12. The number of aromatic nitrogens is 1. The molecule has 0 saturated carbocycles. The van der Waals surface area contributed by atoms with Gasteiger partial charge in [-0.3, -0.25) is 10.2 Å². The topological polar surface area (TPSA) is 104 Å². The third-order valence-corrected chi connectivity index (χ3v) is 4.61. The fourth-order valence-electron chi connectivity index (χ4n) is 2.71. The van der Waals surface area contributed by atoms with Crippen molar-refractivity contribution in [3.05, 3.63) is 68.2 Å². The van der Waals surface area contributed by atoms with Crippen LogP contribution in [0.3, 0.4) is 0 Å². The number of aryl methyl sites for hydroxylation is 1. The van der Waals surface area contributed by atoms with Crippen molar-refractivity contribution >= 4 is 44.7 Å². The highest BCUT2D eigenvalue weighted by Crippen LogP contribution is 2.23. The fraction of sp³-hybridized carbons (Fsp3) is 0.105. The number of carboxylic acid groups (broad SMARTS) is 1. The molecule has 1 aromatic heterocycles. The molecule has 1 heterocycles. The van der Waals surface area contributed by atoms with Crippen LogP contribution in [0.5, 0.6) is 5.75 Å². The first kappa shape index (κ1) is 19.6. The summed E-state index contributed by atoms with van der Waals surface area (Å²) >= 11 is 3.28. The van der Waals surface area contributed by atoms with Crippen LogP contribution in [0.25, 0.3) is 10.9 Å². The molecule has 144 valence electrons. The van der Waals surface area contributed by atoms with Crippen molar-refractivity contribution in [2.45, 2.75) is 13.5 Å². The van der Waals surface area contributed by atoms with Crippen molar-refractivity contribution in [1.82, 2.24) is 4.57 Å². The maximum absolute atomic E-state index is 14.4. The number of benzene rings is 2. The molecule has 3 rings (SSSR count). The van der Waals surface area contributed by atoms with E-state index >= 15 is 0 Å².